The summed E-state index contributed by atoms with van der Waals surface area (Å²) in [7, 11) is 1.69. The fourth-order valence-corrected chi connectivity index (χ4v) is 5.27. The van der Waals surface area contributed by atoms with Crippen molar-refractivity contribution < 1.29 is 14.3 Å². The SMILES string of the molecule is CN(C(=O)OC(C)(C)C)c1cccc(Nc2ncnc(N(Cc3ccccc3)Cc3ccccc3)c2Nc2ccc(Oc3ccccc3)cn2)c1. The summed E-state index contributed by atoms with van der Waals surface area (Å²) in [5, 5.41) is 6.98. The highest BCUT2D eigenvalue weighted by molar-refractivity contribution is 5.89. The lowest BCUT2D eigenvalue weighted by Gasteiger charge is -2.27. The Kier molecular flexibility index (Phi) is 10.7. The average molecular weight is 680 g/mol. The highest BCUT2D eigenvalue weighted by Crippen LogP contribution is 2.36. The Balaban J connectivity index is 1.36. The maximum Gasteiger partial charge on any atom is 0.414 e. The number of aromatic nitrogens is 3. The maximum atomic E-state index is 12.9. The van der Waals surface area contributed by atoms with Crippen molar-refractivity contribution in [2.24, 2.45) is 0 Å². The van der Waals surface area contributed by atoms with Crippen LogP contribution in [0.1, 0.15) is 31.9 Å². The molecule has 0 aliphatic carbocycles. The molecule has 0 saturated carbocycles. The molecular formula is C41H41N7O3. The summed E-state index contributed by atoms with van der Waals surface area (Å²) in [4.78, 5) is 30.8. The number of anilines is 6. The number of pyridine rings is 1. The van der Waals surface area contributed by atoms with Crippen LogP contribution in [0.4, 0.5) is 39.3 Å². The van der Waals surface area contributed by atoms with Crippen molar-refractivity contribution in [2.45, 2.75) is 39.5 Å². The Hall–Kier alpha value is -6.42. The predicted molar refractivity (Wildman–Crippen MR) is 203 cm³/mol. The number of carbonyl (C=O) groups excluding carboxylic acids is 1. The van der Waals surface area contributed by atoms with Gasteiger partial charge in [-0.15, -0.1) is 0 Å². The Bertz CT molecular complexity index is 1980. The number of para-hydroxylation sites is 1. The van der Waals surface area contributed by atoms with E-state index in [9.17, 15) is 4.79 Å². The van der Waals surface area contributed by atoms with E-state index in [0.717, 1.165) is 16.9 Å². The Morgan fingerprint density at radius 3 is 1.96 bits per heavy atom. The minimum atomic E-state index is -0.621. The highest BCUT2D eigenvalue weighted by atomic mass is 16.6. The van der Waals surface area contributed by atoms with Crippen molar-refractivity contribution in [1.82, 2.24) is 15.0 Å². The highest BCUT2D eigenvalue weighted by Gasteiger charge is 2.22. The lowest BCUT2D eigenvalue weighted by atomic mass is 10.1. The molecule has 2 N–H and O–H groups in total. The molecule has 10 nitrogen and oxygen atoms in total. The van der Waals surface area contributed by atoms with Crippen LogP contribution in [0.5, 0.6) is 11.5 Å². The number of hydrogen-bond donors (Lipinski definition) is 2. The molecule has 0 unspecified atom stereocenters. The molecule has 0 fully saturated rings. The third kappa shape index (κ3) is 9.60. The van der Waals surface area contributed by atoms with Crippen molar-refractivity contribution in [3.05, 3.63) is 151 Å². The molecule has 10 heteroatoms. The molecule has 2 aromatic heterocycles. The molecule has 0 radical (unpaired) electrons. The Morgan fingerprint density at radius 1 is 0.706 bits per heavy atom. The van der Waals surface area contributed by atoms with Gasteiger partial charge in [0.25, 0.3) is 0 Å². The van der Waals surface area contributed by atoms with Crippen molar-refractivity contribution in [2.75, 3.05) is 27.5 Å². The van der Waals surface area contributed by atoms with Crippen LogP contribution < -0.4 is 25.2 Å². The number of benzene rings is 4. The molecule has 0 atom stereocenters. The molecular weight excluding hydrogens is 638 g/mol. The first kappa shape index (κ1) is 34.4. The van der Waals surface area contributed by atoms with Crippen LogP contribution in [0.3, 0.4) is 0 Å². The quantitative estimate of drug-likeness (QED) is 0.131. The molecule has 1 amide bonds. The Labute approximate surface area is 298 Å². The number of carbonyl (C=O) groups is 1. The van der Waals surface area contributed by atoms with Crippen LogP contribution in [0.2, 0.25) is 0 Å². The minimum Gasteiger partial charge on any atom is -0.456 e. The normalized spacial score (nSPS) is 11.0. The summed E-state index contributed by atoms with van der Waals surface area (Å²) >= 11 is 0. The molecule has 51 heavy (non-hydrogen) atoms. The first-order chi connectivity index (χ1) is 24.7. The van der Waals surface area contributed by atoms with Gasteiger partial charge in [-0.25, -0.2) is 19.7 Å². The van der Waals surface area contributed by atoms with Crippen LogP contribution in [0, 0.1) is 0 Å². The van der Waals surface area contributed by atoms with E-state index in [4.69, 9.17) is 14.5 Å². The second kappa shape index (κ2) is 15.9. The topological polar surface area (TPSA) is 105 Å². The standard InChI is InChI=1S/C41H41N7O3/c1-41(2,3)51-40(49)47(4)33-20-14-19-32(25-33)45-38-37(46-36-24-23-35(26-42-36)50-34-21-12-7-13-22-34)39(44-29-43-38)48(27-30-15-8-5-9-16-30)28-31-17-10-6-11-18-31/h5-26,29H,27-28H2,1-4H3,(H,42,46)(H,43,44,45). The second-order valence-electron chi connectivity index (χ2n) is 12.9. The van der Waals surface area contributed by atoms with E-state index < -0.39 is 11.7 Å². The maximum absolute atomic E-state index is 12.9. The van der Waals surface area contributed by atoms with E-state index in [2.05, 4.69) is 49.8 Å². The number of amides is 1. The van der Waals surface area contributed by atoms with Crippen LogP contribution >= 0.6 is 0 Å². The number of rotatable bonds is 12. The summed E-state index contributed by atoms with van der Waals surface area (Å²) in [6, 6.07) is 41.4. The van der Waals surface area contributed by atoms with Crippen molar-refractivity contribution >= 4 is 40.6 Å². The molecule has 0 saturated heterocycles. The average Bonchev–Trinajstić information content (AvgIpc) is 3.13. The smallest absolute Gasteiger partial charge is 0.414 e. The Morgan fingerprint density at radius 2 is 1.35 bits per heavy atom. The summed E-state index contributed by atoms with van der Waals surface area (Å²) in [5.74, 6) is 3.10. The molecule has 0 aliphatic heterocycles. The van der Waals surface area contributed by atoms with Crippen LogP contribution in [-0.2, 0) is 17.8 Å². The van der Waals surface area contributed by atoms with E-state index in [1.54, 1.807) is 19.6 Å². The molecule has 4 aromatic carbocycles. The zero-order valence-corrected chi connectivity index (χ0v) is 29.2. The van der Waals surface area contributed by atoms with Gasteiger partial charge in [0.1, 0.15) is 34.9 Å². The van der Waals surface area contributed by atoms with Gasteiger partial charge in [-0.05, 0) is 74.4 Å². The lowest BCUT2D eigenvalue weighted by molar-refractivity contribution is 0.0589. The molecule has 6 rings (SSSR count). The first-order valence-corrected chi connectivity index (χ1v) is 16.7. The van der Waals surface area contributed by atoms with E-state index >= 15 is 0 Å². The van der Waals surface area contributed by atoms with Crippen molar-refractivity contribution in [1.29, 1.82) is 0 Å². The monoisotopic (exact) mass is 679 g/mol. The third-order valence-corrected chi connectivity index (χ3v) is 7.69. The molecule has 0 spiro atoms. The molecule has 0 bridgehead atoms. The third-order valence-electron chi connectivity index (χ3n) is 7.69. The van der Waals surface area contributed by atoms with Gasteiger partial charge in [-0.3, -0.25) is 4.90 Å². The molecule has 2 heterocycles. The fourth-order valence-electron chi connectivity index (χ4n) is 5.27. The van der Waals surface area contributed by atoms with Crippen molar-refractivity contribution in [3.8, 4) is 11.5 Å². The number of ether oxygens (including phenoxy) is 2. The number of nitrogens with one attached hydrogen (secondary N) is 2. The first-order valence-electron chi connectivity index (χ1n) is 16.7. The van der Waals surface area contributed by atoms with Gasteiger partial charge in [0.05, 0.1) is 6.20 Å². The van der Waals surface area contributed by atoms with Gasteiger partial charge in [0.2, 0.25) is 0 Å². The van der Waals surface area contributed by atoms with Gasteiger partial charge in [-0.2, -0.15) is 0 Å². The molecule has 6 aromatic rings. The van der Waals surface area contributed by atoms with E-state index in [1.165, 1.54) is 4.90 Å². The summed E-state index contributed by atoms with van der Waals surface area (Å²) in [5.41, 5.74) is 3.64. The molecule has 0 aliphatic rings. The zero-order chi connectivity index (χ0) is 35.6. The summed E-state index contributed by atoms with van der Waals surface area (Å²) in [6.45, 7) is 6.71. The van der Waals surface area contributed by atoms with Crippen LogP contribution in [-0.4, -0.2) is 33.7 Å². The number of hydrogen-bond acceptors (Lipinski definition) is 9. The summed E-state index contributed by atoms with van der Waals surface area (Å²) < 4.78 is 11.6. The van der Waals surface area contributed by atoms with Crippen molar-refractivity contribution in [3.63, 3.8) is 0 Å². The lowest BCUT2D eigenvalue weighted by Crippen LogP contribution is -2.34. The van der Waals surface area contributed by atoms with Gasteiger partial charge in [-0.1, -0.05) is 84.9 Å². The second-order valence-corrected chi connectivity index (χ2v) is 12.9. The van der Waals surface area contributed by atoms with Crippen LogP contribution in [0.25, 0.3) is 0 Å². The summed E-state index contributed by atoms with van der Waals surface area (Å²) in [6.07, 6.45) is 2.77. The molecule has 258 valence electrons. The fraction of sp³-hybridized carbons (Fsp3) is 0.171. The van der Waals surface area contributed by atoms with Gasteiger partial charge in [0.15, 0.2) is 11.6 Å². The van der Waals surface area contributed by atoms with E-state index in [-0.39, 0.29) is 0 Å². The van der Waals surface area contributed by atoms with Gasteiger partial charge >= 0.3 is 6.09 Å². The predicted octanol–water partition coefficient (Wildman–Crippen LogP) is 9.73. The van der Waals surface area contributed by atoms with Gasteiger partial charge in [0, 0.05) is 31.5 Å². The van der Waals surface area contributed by atoms with E-state index in [0.29, 0.717) is 53.4 Å². The van der Waals surface area contributed by atoms with Gasteiger partial charge < -0.3 is 25.0 Å². The van der Waals surface area contributed by atoms with Crippen LogP contribution in [0.15, 0.2) is 140 Å². The number of nitrogens with zero attached hydrogens (tertiary/aromatic N) is 5. The largest absolute Gasteiger partial charge is 0.456 e. The zero-order valence-electron chi connectivity index (χ0n) is 29.2. The van der Waals surface area contributed by atoms with E-state index in [1.807, 2.05) is 124 Å². The minimum absolute atomic E-state index is 0.449.